The number of methoxy groups -OCH3 is 2. The van der Waals surface area contributed by atoms with E-state index in [0.29, 0.717) is 24.4 Å². The molecule has 5 heteroatoms. The first-order valence-electron chi connectivity index (χ1n) is 8.51. The molecule has 1 saturated heterocycles. The summed E-state index contributed by atoms with van der Waals surface area (Å²) in [6, 6.07) is 7.43. The summed E-state index contributed by atoms with van der Waals surface area (Å²) in [4.78, 5) is 2.61. The molecule has 1 aliphatic heterocycles. The third-order valence-corrected chi connectivity index (χ3v) is 5.03. The van der Waals surface area contributed by atoms with Gasteiger partial charge < -0.3 is 19.9 Å². The maximum Gasteiger partial charge on any atom is 0.124 e. The van der Waals surface area contributed by atoms with Crippen LogP contribution >= 0.6 is 0 Å². The fourth-order valence-electron chi connectivity index (χ4n) is 3.61. The van der Waals surface area contributed by atoms with Crippen molar-refractivity contribution in [1.82, 2.24) is 10.2 Å². The molecule has 1 saturated carbocycles. The van der Waals surface area contributed by atoms with Gasteiger partial charge in [0.05, 0.1) is 20.3 Å². The van der Waals surface area contributed by atoms with Crippen molar-refractivity contribution in [3.63, 3.8) is 0 Å². The van der Waals surface area contributed by atoms with E-state index in [4.69, 9.17) is 9.47 Å². The number of hydrogen-bond donors (Lipinski definition) is 2. The molecule has 0 bridgehead atoms. The monoisotopic (exact) mass is 320 g/mol. The molecule has 23 heavy (non-hydrogen) atoms. The van der Waals surface area contributed by atoms with Gasteiger partial charge >= 0.3 is 0 Å². The topological polar surface area (TPSA) is 54.0 Å². The fourth-order valence-corrected chi connectivity index (χ4v) is 3.61. The molecule has 1 heterocycles. The highest BCUT2D eigenvalue weighted by atomic mass is 16.5. The Morgan fingerprint density at radius 3 is 2.74 bits per heavy atom. The molecule has 0 radical (unpaired) electrons. The van der Waals surface area contributed by atoms with Crippen LogP contribution < -0.4 is 14.8 Å². The van der Waals surface area contributed by atoms with E-state index in [1.807, 2.05) is 18.2 Å². The standard InChI is InChI=1S/C18H28N2O3/c1-12-8-13(11-20(12)14-4-5-14)19-10-17(21)16-9-15(22-2)6-7-18(16)23-3/h6-7,9,12-14,17,19,21H,4-5,8,10-11H2,1-3H3. The molecule has 3 atom stereocenters. The van der Waals surface area contributed by atoms with E-state index in [2.05, 4.69) is 17.1 Å². The third kappa shape index (κ3) is 3.79. The van der Waals surface area contributed by atoms with Gasteiger partial charge in [-0.05, 0) is 44.4 Å². The summed E-state index contributed by atoms with van der Waals surface area (Å²) in [6.45, 7) is 3.93. The van der Waals surface area contributed by atoms with Crippen LogP contribution in [0, 0.1) is 0 Å². The van der Waals surface area contributed by atoms with Gasteiger partial charge in [-0.1, -0.05) is 0 Å². The van der Waals surface area contributed by atoms with Gasteiger partial charge in [-0.2, -0.15) is 0 Å². The largest absolute Gasteiger partial charge is 0.497 e. The smallest absolute Gasteiger partial charge is 0.124 e. The lowest BCUT2D eigenvalue weighted by Crippen LogP contribution is -2.36. The summed E-state index contributed by atoms with van der Waals surface area (Å²) in [5.74, 6) is 1.42. The zero-order chi connectivity index (χ0) is 16.4. The Bertz CT molecular complexity index is 533. The molecule has 0 spiro atoms. The lowest BCUT2D eigenvalue weighted by molar-refractivity contribution is 0.165. The Morgan fingerprint density at radius 1 is 1.30 bits per heavy atom. The van der Waals surface area contributed by atoms with Crippen molar-refractivity contribution in [2.24, 2.45) is 0 Å². The molecule has 1 aromatic rings. The predicted molar refractivity (Wildman–Crippen MR) is 90.1 cm³/mol. The molecule has 3 unspecified atom stereocenters. The first kappa shape index (κ1) is 16.6. The molecule has 2 N–H and O–H groups in total. The van der Waals surface area contributed by atoms with Crippen LogP contribution in [0.5, 0.6) is 11.5 Å². The van der Waals surface area contributed by atoms with Crippen molar-refractivity contribution in [1.29, 1.82) is 0 Å². The number of hydrogen-bond acceptors (Lipinski definition) is 5. The highest BCUT2D eigenvalue weighted by Gasteiger charge is 2.38. The molecule has 5 nitrogen and oxygen atoms in total. The number of aliphatic hydroxyl groups is 1. The number of nitrogens with one attached hydrogen (secondary N) is 1. The third-order valence-electron chi connectivity index (χ3n) is 5.03. The maximum atomic E-state index is 10.6. The van der Waals surface area contributed by atoms with Gasteiger partial charge in [0.1, 0.15) is 11.5 Å². The van der Waals surface area contributed by atoms with Gasteiger partial charge in [-0.25, -0.2) is 0 Å². The first-order valence-corrected chi connectivity index (χ1v) is 8.51. The van der Waals surface area contributed by atoms with Crippen LogP contribution in [0.1, 0.15) is 37.9 Å². The van der Waals surface area contributed by atoms with E-state index in [1.54, 1.807) is 14.2 Å². The average molecular weight is 320 g/mol. The van der Waals surface area contributed by atoms with Gasteiger partial charge in [-0.3, -0.25) is 4.90 Å². The van der Waals surface area contributed by atoms with E-state index < -0.39 is 6.10 Å². The number of ether oxygens (including phenoxy) is 2. The van der Waals surface area contributed by atoms with Crippen molar-refractivity contribution >= 4 is 0 Å². The molecule has 1 aromatic carbocycles. The first-order chi connectivity index (χ1) is 11.1. The summed E-state index contributed by atoms with van der Waals surface area (Å²) in [5, 5.41) is 14.1. The van der Waals surface area contributed by atoms with Crippen molar-refractivity contribution in [3.8, 4) is 11.5 Å². The van der Waals surface area contributed by atoms with Crippen LogP contribution in [-0.2, 0) is 0 Å². The highest BCUT2D eigenvalue weighted by molar-refractivity contribution is 5.41. The molecule has 128 valence electrons. The zero-order valence-electron chi connectivity index (χ0n) is 14.3. The highest BCUT2D eigenvalue weighted by Crippen LogP contribution is 2.34. The summed E-state index contributed by atoms with van der Waals surface area (Å²) in [5.41, 5.74) is 0.768. The van der Waals surface area contributed by atoms with Crippen LogP contribution in [0.25, 0.3) is 0 Å². The van der Waals surface area contributed by atoms with Crippen molar-refractivity contribution in [3.05, 3.63) is 23.8 Å². The van der Waals surface area contributed by atoms with E-state index >= 15 is 0 Å². The second kappa shape index (κ2) is 7.07. The zero-order valence-corrected chi connectivity index (χ0v) is 14.3. The van der Waals surface area contributed by atoms with Crippen molar-refractivity contribution in [2.75, 3.05) is 27.3 Å². The number of nitrogens with zero attached hydrogens (tertiary/aromatic N) is 1. The second-order valence-electron chi connectivity index (χ2n) is 6.74. The van der Waals surface area contributed by atoms with Crippen LogP contribution in [0.15, 0.2) is 18.2 Å². The van der Waals surface area contributed by atoms with Gasteiger partial charge in [0.25, 0.3) is 0 Å². The molecule has 0 aromatic heterocycles. The summed E-state index contributed by atoms with van der Waals surface area (Å²) in [7, 11) is 3.25. The van der Waals surface area contributed by atoms with Gasteiger partial charge in [0.2, 0.25) is 0 Å². The quantitative estimate of drug-likeness (QED) is 0.804. The van der Waals surface area contributed by atoms with E-state index in [9.17, 15) is 5.11 Å². The summed E-state index contributed by atoms with van der Waals surface area (Å²) in [6.07, 6.45) is 3.24. The maximum absolute atomic E-state index is 10.6. The molecule has 2 aliphatic rings. The Labute approximate surface area is 138 Å². The van der Waals surface area contributed by atoms with Crippen molar-refractivity contribution in [2.45, 2.75) is 50.4 Å². The molecule has 2 fully saturated rings. The predicted octanol–water partition coefficient (Wildman–Crippen LogP) is 1.95. The Morgan fingerprint density at radius 2 is 2.09 bits per heavy atom. The lowest BCUT2D eigenvalue weighted by Gasteiger charge is -2.20. The summed E-state index contributed by atoms with van der Waals surface area (Å²) < 4.78 is 10.6. The van der Waals surface area contributed by atoms with Crippen molar-refractivity contribution < 1.29 is 14.6 Å². The molecular weight excluding hydrogens is 292 g/mol. The Hall–Kier alpha value is -1.30. The molecule has 1 aliphatic carbocycles. The lowest BCUT2D eigenvalue weighted by atomic mass is 10.1. The van der Waals surface area contributed by atoms with E-state index in [-0.39, 0.29) is 0 Å². The van der Waals surface area contributed by atoms with Crippen LogP contribution in [-0.4, -0.2) is 55.4 Å². The second-order valence-corrected chi connectivity index (χ2v) is 6.74. The molecular formula is C18H28N2O3. The molecule has 0 amide bonds. The fraction of sp³-hybridized carbons (Fsp3) is 0.667. The Kier molecular flexibility index (Phi) is 5.09. The van der Waals surface area contributed by atoms with E-state index in [0.717, 1.165) is 30.3 Å². The minimum atomic E-state index is -0.606. The normalized spacial score (nSPS) is 26.3. The minimum absolute atomic E-state index is 0.455. The molecule has 3 rings (SSSR count). The average Bonchev–Trinajstić information content (AvgIpc) is 3.35. The SMILES string of the molecule is COc1ccc(OC)c(C(O)CNC2CC(C)N(C3CC3)C2)c1. The minimum Gasteiger partial charge on any atom is -0.497 e. The van der Waals surface area contributed by atoms with Gasteiger partial charge in [0, 0.05) is 36.8 Å². The van der Waals surface area contributed by atoms with Gasteiger partial charge in [0.15, 0.2) is 0 Å². The van der Waals surface area contributed by atoms with Gasteiger partial charge in [-0.15, -0.1) is 0 Å². The van der Waals surface area contributed by atoms with Crippen LogP contribution in [0.2, 0.25) is 0 Å². The van der Waals surface area contributed by atoms with Crippen LogP contribution in [0.4, 0.5) is 0 Å². The summed E-state index contributed by atoms with van der Waals surface area (Å²) >= 11 is 0. The number of benzene rings is 1. The number of likely N-dealkylation sites (tertiary alicyclic amines) is 1. The number of rotatable bonds is 7. The van der Waals surface area contributed by atoms with E-state index in [1.165, 1.54) is 12.8 Å². The number of aliphatic hydroxyl groups excluding tert-OH is 1. The Balaban J connectivity index is 1.58. The van der Waals surface area contributed by atoms with Crippen LogP contribution in [0.3, 0.4) is 0 Å².